The van der Waals surface area contributed by atoms with Crippen LogP contribution in [0.2, 0.25) is 0 Å². The van der Waals surface area contributed by atoms with E-state index in [9.17, 15) is 28.9 Å². The number of aliphatic hydroxyl groups is 1. The molecule has 0 spiro atoms. The molecular weight excluding hydrogens is 773 g/mol. The maximum atomic E-state index is 12.6. The van der Waals surface area contributed by atoms with Gasteiger partial charge in [-0.15, -0.1) is 0 Å². The van der Waals surface area contributed by atoms with E-state index in [1.807, 2.05) is 18.2 Å². The second-order valence-corrected chi connectivity index (χ2v) is 15.4. The molecule has 334 valence electrons. The van der Waals surface area contributed by atoms with Crippen molar-refractivity contribution in [3.05, 3.63) is 97.2 Å². The first-order chi connectivity index (χ1) is 28.5. The zero-order valence-corrected chi connectivity index (χ0v) is 36.6. The molecule has 12 nitrogen and oxygen atoms in total. The lowest BCUT2D eigenvalue weighted by Crippen LogP contribution is -2.34. The number of nitrogens with two attached hydrogens (primary N) is 1. The second kappa shape index (κ2) is 39.8. The van der Waals surface area contributed by atoms with Gasteiger partial charge in [-0.3, -0.25) is 23.4 Å². The van der Waals surface area contributed by atoms with Crippen molar-refractivity contribution >= 4 is 25.7 Å². The third-order valence-electron chi connectivity index (χ3n) is 8.37. The fraction of sp³-hybridized carbons (Fsp3) is 0.587. The van der Waals surface area contributed by atoms with Gasteiger partial charge in [0.05, 0.1) is 19.3 Å². The molecule has 0 aromatic heterocycles. The SMILES string of the molecule is CC/C=C\C/C=C\C/C=C\C/C=C\CCCCCCC(=O)OC[C@H](COP(=O)(O)OC[C@H](N)C(=O)O)OC(=O)CCC/C=C\C/C=C\C/C=C\C/C=C\CC(O)CCC. The van der Waals surface area contributed by atoms with Gasteiger partial charge in [-0.05, 0) is 89.9 Å². The zero-order valence-electron chi connectivity index (χ0n) is 35.7. The van der Waals surface area contributed by atoms with Crippen molar-refractivity contribution in [2.24, 2.45) is 5.73 Å². The van der Waals surface area contributed by atoms with Gasteiger partial charge >= 0.3 is 25.7 Å². The second-order valence-electron chi connectivity index (χ2n) is 13.9. The third-order valence-corrected chi connectivity index (χ3v) is 9.32. The summed E-state index contributed by atoms with van der Waals surface area (Å²) in [6.45, 7) is 2.38. The number of carbonyl (C=O) groups excluding carboxylic acids is 2. The van der Waals surface area contributed by atoms with Crippen LogP contribution in [0.25, 0.3) is 0 Å². The number of phosphoric acid groups is 1. The lowest BCUT2D eigenvalue weighted by molar-refractivity contribution is -0.161. The molecule has 0 radical (unpaired) electrons. The summed E-state index contributed by atoms with van der Waals surface area (Å²) in [5, 5.41) is 18.6. The Morgan fingerprint density at radius 1 is 0.610 bits per heavy atom. The van der Waals surface area contributed by atoms with Crippen LogP contribution >= 0.6 is 7.82 Å². The van der Waals surface area contributed by atoms with Gasteiger partial charge in [0.1, 0.15) is 12.6 Å². The topological polar surface area (TPSA) is 192 Å². The van der Waals surface area contributed by atoms with Crippen LogP contribution in [0, 0.1) is 0 Å². The van der Waals surface area contributed by atoms with Gasteiger partial charge in [-0.1, -0.05) is 130 Å². The van der Waals surface area contributed by atoms with Crippen LogP contribution in [-0.2, 0) is 37.5 Å². The van der Waals surface area contributed by atoms with E-state index in [0.29, 0.717) is 25.7 Å². The molecule has 5 N–H and O–H groups in total. The predicted molar refractivity (Wildman–Crippen MR) is 236 cm³/mol. The summed E-state index contributed by atoms with van der Waals surface area (Å²) in [4.78, 5) is 45.9. The normalized spacial score (nSPS) is 15.2. The number of aliphatic carboxylic acids is 1. The van der Waals surface area contributed by atoms with Gasteiger partial charge in [0.2, 0.25) is 0 Å². The summed E-state index contributed by atoms with van der Waals surface area (Å²) in [5.74, 6) is -2.52. The molecule has 0 saturated carbocycles. The fourth-order valence-corrected chi connectivity index (χ4v) is 5.84. The van der Waals surface area contributed by atoms with Crippen LogP contribution in [0.15, 0.2) is 97.2 Å². The van der Waals surface area contributed by atoms with Gasteiger partial charge in [-0.25, -0.2) is 4.57 Å². The van der Waals surface area contributed by atoms with Crippen LogP contribution in [0.5, 0.6) is 0 Å². The highest BCUT2D eigenvalue weighted by Crippen LogP contribution is 2.43. The number of carboxylic acid groups (broad SMARTS) is 1. The lowest BCUT2D eigenvalue weighted by Gasteiger charge is -2.20. The number of hydrogen-bond acceptors (Lipinski definition) is 10. The first-order valence-corrected chi connectivity index (χ1v) is 22.8. The maximum absolute atomic E-state index is 12.6. The molecule has 0 aromatic rings. The number of phosphoric ester groups is 1. The number of unbranched alkanes of at least 4 members (excludes halogenated alkanes) is 5. The average molecular weight is 848 g/mol. The molecule has 0 heterocycles. The number of allylic oxidation sites excluding steroid dienone is 15. The monoisotopic (exact) mass is 847 g/mol. The van der Waals surface area contributed by atoms with Crippen LogP contribution in [0.3, 0.4) is 0 Å². The van der Waals surface area contributed by atoms with E-state index in [4.69, 9.17) is 24.8 Å². The minimum atomic E-state index is -4.75. The van der Waals surface area contributed by atoms with Gasteiger partial charge < -0.3 is 30.3 Å². The van der Waals surface area contributed by atoms with E-state index in [-0.39, 0.29) is 18.9 Å². The predicted octanol–water partition coefficient (Wildman–Crippen LogP) is 10.2. The van der Waals surface area contributed by atoms with E-state index in [2.05, 4.69) is 97.4 Å². The number of aliphatic hydroxyl groups excluding tert-OH is 1. The van der Waals surface area contributed by atoms with E-state index >= 15 is 0 Å². The highest BCUT2D eigenvalue weighted by atomic mass is 31.2. The van der Waals surface area contributed by atoms with Crippen molar-refractivity contribution in [1.29, 1.82) is 0 Å². The third kappa shape index (κ3) is 39.6. The molecule has 59 heavy (non-hydrogen) atoms. The van der Waals surface area contributed by atoms with E-state index in [1.165, 1.54) is 0 Å². The summed E-state index contributed by atoms with van der Waals surface area (Å²) < 4.78 is 32.6. The number of hydrogen-bond donors (Lipinski definition) is 4. The molecule has 0 fully saturated rings. The Labute approximate surface area is 354 Å². The van der Waals surface area contributed by atoms with Crippen molar-refractivity contribution in [1.82, 2.24) is 0 Å². The highest BCUT2D eigenvalue weighted by molar-refractivity contribution is 7.47. The minimum Gasteiger partial charge on any atom is -0.480 e. The zero-order chi connectivity index (χ0) is 43.7. The van der Waals surface area contributed by atoms with Gasteiger partial charge in [-0.2, -0.15) is 0 Å². The van der Waals surface area contributed by atoms with Crippen molar-refractivity contribution in [3.8, 4) is 0 Å². The van der Waals surface area contributed by atoms with Crippen LogP contribution in [0.4, 0.5) is 0 Å². The number of rotatable bonds is 38. The largest absolute Gasteiger partial charge is 0.480 e. The smallest absolute Gasteiger partial charge is 0.472 e. The Hall–Kier alpha value is -3.64. The van der Waals surface area contributed by atoms with Crippen molar-refractivity contribution in [3.63, 3.8) is 0 Å². The molecule has 0 aliphatic rings. The number of ether oxygens (including phenoxy) is 2. The van der Waals surface area contributed by atoms with E-state index < -0.39 is 57.7 Å². The molecule has 0 bridgehead atoms. The standard InChI is InChI=1S/C46H74NO11P/c1-3-5-6-7-8-9-10-11-12-13-14-17-20-23-26-29-32-36-44(49)55-38-42(39-56-59(53,54)57-40-43(47)46(51)52)58-45(50)37-33-30-27-24-21-18-15-16-19-22-25-28-31-35-41(48)34-4-2/h5-6,8-9,11-12,14-15,17-19,22,24,27-28,31,41-43,48H,3-4,7,10,13,16,20-21,23,25-26,29-30,32-40,47H2,1-2H3,(H,51,52)(H,53,54)/b6-5-,9-8-,12-11-,17-14-,18-15-,22-19-,27-24-,31-28-/t41?,42-,43+/m1/s1. The molecule has 4 atom stereocenters. The quantitative estimate of drug-likeness (QED) is 0.0199. The molecule has 0 aromatic carbocycles. The number of carbonyl (C=O) groups is 3. The molecule has 0 saturated heterocycles. The van der Waals surface area contributed by atoms with E-state index in [0.717, 1.165) is 83.5 Å². The number of esters is 2. The first kappa shape index (κ1) is 55.4. The maximum Gasteiger partial charge on any atom is 0.472 e. The highest BCUT2D eigenvalue weighted by Gasteiger charge is 2.28. The lowest BCUT2D eigenvalue weighted by atomic mass is 10.1. The molecule has 13 heteroatoms. The van der Waals surface area contributed by atoms with Crippen molar-refractivity contribution in [2.75, 3.05) is 19.8 Å². The first-order valence-electron chi connectivity index (χ1n) is 21.3. The Morgan fingerprint density at radius 3 is 1.63 bits per heavy atom. The Balaban J connectivity index is 4.56. The van der Waals surface area contributed by atoms with Gasteiger partial charge in [0, 0.05) is 12.8 Å². The van der Waals surface area contributed by atoms with E-state index in [1.54, 1.807) is 0 Å². The molecule has 0 rings (SSSR count). The minimum absolute atomic E-state index is 0.0586. The fourth-order valence-electron chi connectivity index (χ4n) is 5.06. The number of carboxylic acids is 1. The average Bonchev–Trinajstić information content (AvgIpc) is 3.20. The summed E-state index contributed by atoms with van der Waals surface area (Å²) in [5.41, 5.74) is 5.32. The van der Waals surface area contributed by atoms with Crippen LogP contribution in [0.1, 0.15) is 136 Å². The summed E-state index contributed by atoms with van der Waals surface area (Å²) in [6, 6.07) is -1.55. The Bertz CT molecular complexity index is 1380. The van der Waals surface area contributed by atoms with Crippen molar-refractivity contribution in [2.45, 2.75) is 154 Å². The molecule has 0 aliphatic carbocycles. The Morgan fingerprint density at radius 2 is 1.08 bits per heavy atom. The molecule has 0 amide bonds. The summed E-state index contributed by atoms with van der Waals surface area (Å²) in [6.07, 6.45) is 46.8. The summed E-state index contributed by atoms with van der Waals surface area (Å²) in [7, 11) is -4.75. The molecule has 2 unspecified atom stereocenters. The van der Waals surface area contributed by atoms with Gasteiger partial charge in [0.15, 0.2) is 6.10 Å². The molecule has 0 aliphatic heterocycles. The molecular formula is C46H74NO11P. The van der Waals surface area contributed by atoms with Gasteiger partial charge in [0.25, 0.3) is 0 Å². The van der Waals surface area contributed by atoms with Crippen LogP contribution < -0.4 is 5.73 Å². The van der Waals surface area contributed by atoms with Crippen molar-refractivity contribution < 1.29 is 52.6 Å². The van der Waals surface area contributed by atoms with Crippen LogP contribution in [-0.4, -0.2) is 71.1 Å². The Kier molecular flexibility index (Phi) is 37.3. The summed E-state index contributed by atoms with van der Waals surface area (Å²) >= 11 is 0.